The second kappa shape index (κ2) is 7.74. The van der Waals surface area contributed by atoms with E-state index < -0.39 is 5.60 Å². The number of nitrogens with zero attached hydrogens (tertiary/aromatic N) is 1. The quantitative estimate of drug-likeness (QED) is 0.466. The van der Waals surface area contributed by atoms with Gasteiger partial charge in [0.15, 0.2) is 0 Å². The molecule has 6 rings (SSSR count). The summed E-state index contributed by atoms with van der Waals surface area (Å²) in [6, 6.07) is 30.0. The molecule has 0 radical (unpaired) electrons. The number of carbonyl (C=O) groups is 1. The summed E-state index contributed by atoms with van der Waals surface area (Å²) in [7, 11) is 0. The van der Waals surface area contributed by atoms with Gasteiger partial charge in [-0.2, -0.15) is 0 Å². The van der Waals surface area contributed by atoms with Gasteiger partial charge in [-0.3, -0.25) is 4.79 Å². The number of quaternary nitrogens is 1. The number of piperidine rings is 3. The summed E-state index contributed by atoms with van der Waals surface area (Å²) in [6.45, 7) is 3.40. The van der Waals surface area contributed by atoms with E-state index in [4.69, 9.17) is 0 Å². The zero-order valence-electron chi connectivity index (χ0n) is 17.9. The SMILES string of the molecule is O=C(C[N+]12CCC(C(O)(c3ccccc3)c3ccccc3)(CC1)CC2)c1ccccc1. The first-order chi connectivity index (χ1) is 15.1. The number of Topliss-reactive ketones (excluding diaryl/α,β-unsaturated/α-hetero) is 1. The molecule has 3 aromatic rings. The Balaban J connectivity index is 1.45. The highest BCUT2D eigenvalue weighted by Gasteiger charge is 2.60. The molecule has 158 valence electrons. The Bertz CT molecular complexity index is 982. The predicted molar refractivity (Wildman–Crippen MR) is 123 cm³/mol. The average molecular weight is 413 g/mol. The number of rotatable bonds is 6. The molecule has 0 saturated carbocycles. The molecule has 0 spiro atoms. The van der Waals surface area contributed by atoms with Gasteiger partial charge >= 0.3 is 0 Å². The molecule has 3 heterocycles. The summed E-state index contributed by atoms with van der Waals surface area (Å²) in [5, 5.41) is 12.4. The second-order valence-corrected chi connectivity index (χ2v) is 9.43. The molecule has 2 bridgehead atoms. The Morgan fingerprint density at radius 2 is 1.16 bits per heavy atom. The van der Waals surface area contributed by atoms with Gasteiger partial charge in [-0.05, 0) is 11.1 Å². The number of carbonyl (C=O) groups excluding carboxylic acids is 1. The van der Waals surface area contributed by atoms with Crippen molar-refractivity contribution in [3.8, 4) is 0 Å². The molecular weight excluding hydrogens is 382 g/mol. The number of fused-ring (bicyclic) bond motifs is 3. The lowest BCUT2D eigenvalue weighted by molar-refractivity contribution is -0.938. The molecular formula is C28H30NO2+. The molecule has 3 aromatic carbocycles. The Morgan fingerprint density at radius 3 is 1.61 bits per heavy atom. The summed E-state index contributed by atoms with van der Waals surface area (Å²) >= 11 is 0. The van der Waals surface area contributed by atoms with Crippen molar-refractivity contribution in [3.05, 3.63) is 108 Å². The van der Waals surface area contributed by atoms with E-state index in [1.807, 2.05) is 66.7 Å². The molecule has 1 N–H and O–H groups in total. The fourth-order valence-corrected chi connectivity index (χ4v) is 6.00. The van der Waals surface area contributed by atoms with Crippen LogP contribution in [0.4, 0.5) is 0 Å². The highest BCUT2D eigenvalue weighted by molar-refractivity contribution is 5.96. The molecule has 3 fully saturated rings. The number of hydrogen-bond acceptors (Lipinski definition) is 2. The molecule has 3 aliphatic rings. The van der Waals surface area contributed by atoms with Gasteiger partial charge in [0, 0.05) is 30.2 Å². The van der Waals surface area contributed by atoms with Gasteiger partial charge in [-0.1, -0.05) is 91.0 Å². The molecule has 0 unspecified atom stereocenters. The van der Waals surface area contributed by atoms with E-state index in [9.17, 15) is 9.90 Å². The molecule has 0 aliphatic carbocycles. The first kappa shape index (κ1) is 20.2. The standard InChI is InChI=1S/C28H30NO2/c30-26(23-10-4-1-5-11-23)22-29-19-16-27(17-20-29,18-21-29)28(31,24-12-6-2-7-13-24)25-14-8-3-9-15-25/h1-15,31H,16-22H2/q+1. The van der Waals surface area contributed by atoms with Crippen LogP contribution in [-0.4, -0.2) is 41.6 Å². The number of benzene rings is 3. The highest BCUT2D eigenvalue weighted by Crippen LogP contribution is 2.57. The molecule has 3 heteroatoms. The largest absolute Gasteiger partial charge is 0.380 e. The van der Waals surface area contributed by atoms with Crippen LogP contribution in [0.3, 0.4) is 0 Å². The summed E-state index contributed by atoms with van der Waals surface area (Å²) in [4.78, 5) is 12.9. The molecule has 31 heavy (non-hydrogen) atoms. The van der Waals surface area contributed by atoms with Gasteiger partial charge in [0.1, 0.15) is 12.1 Å². The Morgan fingerprint density at radius 1 is 0.742 bits per heavy atom. The number of hydrogen-bond donors (Lipinski definition) is 1. The Kier molecular flexibility index (Phi) is 5.04. The van der Waals surface area contributed by atoms with Gasteiger partial charge < -0.3 is 9.59 Å². The van der Waals surface area contributed by atoms with Crippen molar-refractivity contribution >= 4 is 5.78 Å². The van der Waals surface area contributed by atoms with Crippen LogP contribution < -0.4 is 0 Å². The fourth-order valence-electron chi connectivity index (χ4n) is 6.00. The predicted octanol–water partition coefficient (Wildman–Crippen LogP) is 4.81. The van der Waals surface area contributed by atoms with E-state index >= 15 is 0 Å². The Labute approximate surface area is 184 Å². The van der Waals surface area contributed by atoms with Crippen LogP contribution in [0, 0.1) is 5.41 Å². The molecule has 0 aromatic heterocycles. The normalized spacial score (nSPS) is 25.3. The minimum Gasteiger partial charge on any atom is -0.380 e. The zero-order chi connectivity index (χ0) is 21.4. The van der Waals surface area contributed by atoms with Crippen molar-refractivity contribution in [2.75, 3.05) is 26.2 Å². The van der Waals surface area contributed by atoms with Crippen LogP contribution >= 0.6 is 0 Å². The lowest BCUT2D eigenvalue weighted by atomic mass is 9.56. The summed E-state index contributed by atoms with van der Waals surface area (Å²) < 4.78 is 0.856. The molecule has 3 nitrogen and oxygen atoms in total. The van der Waals surface area contributed by atoms with Gasteiger partial charge in [-0.25, -0.2) is 0 Å². The molecule has 0 amide bonds. The topological polar surface area (TPSA) is 37.3 Å². The van der Waals surface area contributed by atoms with Crippen molar-refractivity contribution in [2.24, 2.45) is 5.41 Å². The molecule has 3 saturated heterocycles. The highest BCUT2D eigenvalue weighted by atomic mass is 16.3. The van der Waals surface area contributed by atoms with Gasteiger partial charge in [0.25, 0.3) is 0 Å². The van der Waals surface area contributed by atoms with Gasteiger partial charge in [0.2, 0.25) is 5.78 Å². The van der Waals surface area contributed by atoms with Crippen LogP contribution in [-0.2, 0) is 5.60 Å². The van der Waals surface area contributed by atoms with Crippen molar-refractivity contribution < 1.29 is 14.4 Å². The van der Waals surface area contributed by atoms with Crippen LogP contribution in [0.2, 0.25) is 0 Å². The van der Waals surface area contributed by atoms with Crippen LogP contribution in [0.15, 0.2) is 91.0 Å². The maximum Gasteiger partial charge on any atom is 0.216 e. The maximum atomic E-state index is 12.9. The van der Waals surface area contributed by atoms with E-state index in [0.29, 0.717) is 6.54 Å². The minimum absolute atomic E-state index is 0.203. The first-order valence-electron chi connectivity index (χ1n) is 11.3. The lowest BCUT2D eigenvalue weighted by Gasteiger charge is -2.59. The van der Waals surface area contributed by atoms with Crippen molar-refractivity contribution in [2.45, 2.75) is 24.9 Å². The summed E-state index contributed by atoms with van der Waals surface area (Å²) in [5.74, 6) is 0.233. The molecule has 3 aliphatic heterocycles. The third-order valence-electron chi connectivity index (χ3n) is 7.92. The third kappa shape index (κ3) is 3.33. The number of ketones is 1. The first-order valence-corrected chi connectivity index (χ1v) is 11.3. The molecule has 0 atom stereocenters. The smallest absolute Gasteiger partial charge is 0.216 e. The van der Waals surface area contributed by atoms with E-state index in [-0.39, 0.29) is 11.2 Å². The van der Waals surface area contributed by atoms with E-state index in [1.54, 1.807) is 0 Å². The fraction of sp³-hybridized carbons (Fsp3) is 0.321. The summed E-state index contributed by atoms with van der Waals surface area (Å²) in [5.41, 5.74) is 1.54. The van der Waals surface area contributed by atoms with Gasteiger partial charge in [-0.15, -0.1) is 0 Å². The number of aliphatic hydroxyl groups is 1. The van der Waals surface area contributed by atoms with E-state index in [0.717, 1.165) is 60.1 Å². The third-order valence-corrected chi connectivity index (χ3v) is 7.92. The Hall–Kier alpha value is -2.75. The summed E-state index contributed by atoms with van der Waals surface area (Å²) in [6.07, 6.45) is 2.78. The minimum atomic E-state index is -1.02. The van der Waals surface area contributed by atoms with Crippen molar-refractivity contribution in [1.82, 2.24) is 0 Å². The van der Waals surface area contributed by atoms with Gasteiger partial charge in [0.05, 0.1) is 19.6 Å². The van der Waals surface area contributed by atoms with Crippen molar-refractivity contribution in [3.63, 3.8) is 0 Å². The average Bonchev–Trinajstić information content (AvgIpc) is 2.86. The zero-order valence-corrected chi connectivity index (χ0v) is 17.9. The maximum absolute atomic E-state index is 12.9. The second-order valence-electron chi connectivity index (χ2n) is 9.43. The van der Waals surface area contributed by atoms with Crippen LogP contribution in [0.5, 0.6) is 0 Å². The van der Waals surface area contributed by atoms with Crippen molar-refractivity contribution in [1.29, 1.82) is 0 Å². The van der Waals surface area contributed by atoms with Crippen LogP contribution in [0.25, 0.3) is 0 Å². The van der Waals surface area contributed by atoms with Crippen LogP contribution in [0.1, 0.15) is 40.7 Å². The van der Waals surface area contributed by atoms with E-state index in [2.05, 4.69) is 24.3 Å². The lowest BCUT2D eigenvalue weighted by Crippen LogP contribution is -2.67. The monoisotopic (exact) mass is 412 g/mol. The van der Waals surface area contributed by atoms with E-state index in [1.165, 1.54) is 0 Å².